The lowest BCUT2D eigenvalue weighted by molar-refractivity contribution is 0.175. The number of hydrogen-bond donors (Lipinski definition) is 1. The summed E-state index contributed by atoms with van der Waals surface area (Å²) in [4.78, 5) is 0. The van der Waals surface area contributed by atoms with Crippen molar-refractivity contribution >= 4 is 0 Å². The van der Waals surface area contributed by atoms with E-state index < -0.39 is 0 Å². The average molecular weight is 142 g/mol. The Kier molecular flexibility index (Phi) is 2.32. The van der Waals surface area contributed by atoms with Crippen LogP contribution in [0.4, 0.5) is 0 Å². The van der Waals surface area contributed by atoms with Crippen LogP contribution in [0.5, 0.6) is 0 Å². The minimum atomic E-state index is 0.392. The molecule has 2 nitrogen and oxygen atoms in total. The Morgan fingerprint density at radius 2 is 1.70 bits per heavy atom. The molecular weight excluding hydrogens is 124 g/mol. The Labute approximate surface area is 63.6 Å². The van der Waals surface area contributed by atoms with E-state index in [-0.39, 0.29) is 0 Å². The van der Waals surface area contributed by atoms with Gasteiger partial charge in [0.2, 0.25) is 0 Å². The van der Waals surface area contributed by atoms with E-state index in [0.717, 1.165) is 0 Å². The zero-order valence-corrected chi connectivity index (χ0v) is 7.28. The fourth-order valence-corrected chi connectivity index (χ4v) is 1.81. The summed E-state index contributed by atoms with van der Waals surface area (Å²) in [5.74, 6) is 0. The quantitative estimate of drug-likeness (QED) is 0.586. The Hall–Kier alpha value is -0.0800. The van der Waals surface area contributed by atoms with Gasteiger partial charge in [-0.3, -0.25) is 5.01 Å². The van der Waals surface area contributed by atoms with Crippen molar-refractivity contribution in [2.75, 3.05) is 14.1 Å². The third kappa shape index (κ3) is 1.96. The molecule has 0 spiro atoms. The van der Waals surface area contributed by atoms with Crippen molar-refractivity contribution in [1.29, 1.82) is 0 Å². The highest BCUT2D eigenvalue weighted by molar-refractivity contribution is 4.86. The van der Waals surface area contributed by atoms with Crippen LogP contribution in [0.15, 0.2) is 0 Å². The Balaban J connectivity index is 2.36. The van der Waals surface area contributed by atoms with Crippen molar-refractivity contribution in [2.45, 2.75) is 38.1 Å². The minimum Gasteiger partial charge on any atom is -0.250 e. The fraction of sp³-hybridized carbons (Fsp3) is 1.00. The molecule has 0 unspecified atom stereocenters. The van der Waals surface area contributed by atoms with E-state index in [9.17, 15) is 0 Å². The molecule has 0 aromatic rings. The van der Waals surface area contributed by atoms with Gasteiger partial charge in [-0.25, -0.2) is 5.43 Å². The van der Waals surface area contributed by atoms with Crippen molar-refractivity contribution < 1.29 is 0 Å². The molecule has 0 aromatic carbocycles. The van der Waals surface area contributed by atoms with Gasteiger partial charge in [-0.15, -0.1) is 0 Å². The standard InChI is InChI=1S/C8H18N2/c1-8(9-10(2)3)6-4-5-7-8/h9H,4-7H2,1-3H3. The van der Waals surface area contributed by atoms with Gasteiger partial charge in [0.05, 0.1) is 0 Å². The SMILES string of the molecule is CN(C)NC1(C)CCCC1. The number of hydrogen-bond acceptors (Lipinski definition) is 2. The fourth-order valence-electron chi connectivity index (χ4n) is 1.81. The van der Waals surface area contributed by atoms with Gasteiger partial charge in [0.25, 0.3) is 0 Å². The first-order valence-corrected chi connectivity index (χ1v) is 4.08. The molecular formula is C8H18N2. The lowest BCUT2D eigenvalue weighted by Crippen LogP contribution is -2.47. The largest absolute Gasteiger partial charge is 0.250 e. The molecule has 0 radical (unpaired) electrons. The van der Waals surface area contributed by atoms with Crippen LogP contribution in [-0.4, -0.2) is 24.6 Å². The van der Waals surface area contributed by atoms with Gasteiger partial charge in [0.15, 0.2) is 0 Å². The Bertz CT molecular complexity index is 104. The molecule has 1 aliphatic rings. The van der Waals surface area contributed by atoms with E-state index in [2.05, 4.69) is 31.5 Å². The van der Waals surface area contributed by atoms with Crippen LogP contribution < -0.4 is 5.43 Å². The molecule has 2 heteroatoms. The third-order valence-electron chi connectivity index (χ3n) is 2.20. The Morgan fingerprint density at radius 1 is 1.20 bits per heavy atom. The number of nitrogens with zero attached hydrogens (tertiary/aromatic N) is 1. The number of hydrazine groups is 1. The van der Waals surface area contributed by atoms with E-state index in [1.54, 1.807) is 0 Å². The van der Waals surface area contributed by atoms with Crippen molar-refractivity contribution in [3.8, 4) is 0 Å². The third-order valence-corrected chi connectivity index (χ3v) is 2.20. The van der Waals surface area contributed by atoms with Crippen LogP contribution >= 0.6 is 0 Å². The van der Waals surface area contributed by atoms with Crippen LogP contribution in [0.25, 0.3) is 0 Å². The molecule has 60 valence electrons. The summed E-state index contributed by atoms with van der Waals surface area (Å²) >= 11 is 0. The summed E-state index contributed by atoms with van der Waals surface area (Å²) in [6.07, 6.45) is 5.42. The zero-order valence-electron chi connectivity index (χ0n) is 7.28. The summed E-state index contributed by atoms with van der Waals surface area (Å²) in [5, 5.41) is 2.06. The number of rotatable bonds is 2. The summed E-state index contributed by atoms with van der Waals surface area (Å²) in [6, 6.07) is 0. The van der Waals surface area contributed by atoms with Crippen LogP contribution in [0.2, 0.25) is 0 Å². The van der Waals surface area contributed by atoms with Crippen molar-refractivity contribution in [1.82, 2.24) is 10.4 Å². The van der Waals surface area contributed by atoms with Crippen LogP contribution in [0.3, 0.4) is 0 Å². The molecule has 10 heavy (non-hydrogen) atoms. The molecule has 1 rings (SSSR count). The first-order valence-electron chi connectivity index (χ1n) is 4.08. The van der Waals surface area contributed by atoms with Gasteiger partial charge >= 0.3 is 0 Å². The van der Waals surface area contributed by atoms with E-state index in [1.165, 1.54) is 25.7 Å². The molecule has 1 aliphatic carbocycles. The summed E-state index contributed by atoms with van der Waals surface area (Å²) in [5.41, 5.74) is 3.84. The van der Waals surface area contributed by atoms with Gasteiger partial charge in [0.1, 0.15) is 0 Å². The minimum absolute atomic E-state index is 0.392. The lowest BCUT2D eigenvalue weighted by Gasteiger charge is -2.29. The van der Waals surface area contributed by atoms with Gasteiger partial charge < -0.3 is 0 Å². The van der Waals surface area contributed by atoms with Crippen molar-refractivity contribution in [3.05, 3.63) is 0 Å². The molecule has 1 N–H and O–H groups in total. The van der Waals surface area contributed by atoms with Gasteiger partial charge in [0, 0.05) is 19.6 Å². The highest BCUT2D eigenvalue weighted by Gasteiger charge is 2.28. The normalized spacial score (nSPS) is 24.0. The first kappa shape index (κ1) is 8.02. The van der Waals surface area contributed by atoms with Gasteiger partial charge in [-0.1, -0.05) is 12.8 Å². The molecule has 0 amide bonds. The van der Waals surface area contributed by atoms with Crippen LogP contribution in [-0.2, 0) is 0 Å². The van der Waals surface area contributed by atoms with E-state index in [1.807, 2.05) is 0 Å². The molecule has 0 atom stereocenters. The highest BCUT2D eigenvalue weighted by Crippen LogP contribution is 2.28. The smallest absolute Gasteiger partial charge is 0.0297 e. The first-order chi connectivity index (χ1) is 4.62. The molecule has 0 saturated heterocycles. The van der Waals surface area contributed by atoms with E-state index >= 15 is 0 Å². The van der Waals surface area contributed by atoms with Crippen molar-refractivity contribution in [3.63, 3.8) is 0 Å². The zero-order chi connectivity index (χ0) is 7.61. The topological polar surface area (TPSA) is 15.3 Å². The maximum absolute atomic E-state index is 3.45. The predicted octanol–water partition coefficient (Wildman–Crippen LogP) is 1.39. The molecule has 0 bridgehead atoms. The van der Waals surface area contributed by atoms with Crippen molar-refractivity contribution in [2.24, 2.45) is 0 Å². The monoisotopic (exact) mass is 142 g/mol. The molecule has 0 aliphatic heterocycles. The maximum Gasteiger partial charge on any atom is 0.0297 e. The lowest BCUT2D eigenvalue weighted by atomic mass is 10.0. The molecule has 1 fully saturated rings. The Morgan fingerprint density at radius 3 is 2.10 bits per heavy atom. The van der Waals surface area contributed by atoms with E-state index in [0.29, 0.717) is 5.54 Å². The summed E-state index contributed by atoms with van der Waals surface area (Å²) in [7, 11) is 4.12. The number of nitrogens with one attached hydrogen (secondary N) is 1. The van der Waals surface area contributed by atoms with Crippen LogP contribution in [0, 0.1) is 0 Å². The second-order valence-electron chi connectivity index (χ2n) is 3.77. The van der Waals surface area contributed by atoms with Crippen LogP contribution in [0.1, 0.15) is 32.6 Å². The van der Waals surface area contributed by atoms with Gasteiger partial charge in [-0.05, 0) is 19.8 Å². The molecule has 0 aromatic heterocycles. The second kappa shape index (κ2) is 2.89. The summed E-state index contributed by atoms with van der Waals surface area (Å²) < 4.78 is 0. The average Bonchev–Trinajstić information content (AvgIpc) is 2.12. The maximum atomic E-state index is 3.45. The molecule has 0 heterocycles. The molecule has 1 saturated carbocycles. The summed E-state index contributed by atoms with van der Waals surface area (Å²) in [6.45, 7) is 2.31. The predicted molar refractivity (Wildman–Crippen MR) is 43.7 cm³/mol. The highest BCUT2D eigenvalue weighted by atomic mass is 15.5. The van der Waals surface area contributed by atoms with E-state index in [4.69, 9.17) is 0 Å². The second-order valence-corrected chi connectivity index (χ2v) is 3.77. The van der Waals surface area contributed by atoms with Gasteiger partial charge in [-0.2, -0.15) is 0 Å².